The molecule has 0 fully saturated rings. The molecular formula is C16H13N3O2. The number of aliphatic imine (C=N–C) groups is 2. The van der Waals surface area contributed by atoms with E-state index in [0.717, 1.165) is 11.3 Å². The Balaban J connectivity index is 1.31. The lowest BCUT2D eigenvalue weighted by molar-refractivity contribution is 0.474. The van der Waals surface area contributed by atoms with Gasteiger partial charge in [0.25, 0.3) is 0 Å². The van der Waals surface area contributed by atoms with Gasteiger partial charge < -0.3 is 10.2 Å². The molecule has 2 aromatic rings. The van der Waals surface area contributed by atoms with E-state index in [1.807, 2.05) is 17.0 Å². The Hall–Kier alpha value is -2.82. The van der Waals surface area contributed by atoms with Gasteiger partial charge in [-0.15, -0.1) is 0 Å². The van der Waals surface area contributed by atoms with Gasteiger partial charge in [0, 0.05) is 23.6 Å². The van der Waals surface area contributed by atoms with E-state index in [9.17, 15) is 10.2 Å². The SMILES string of the molecule is Oc1ccccc1C=NCCN=Cc1cc2c3c(c1O)N23. The summed E-state index contributed by atoms with van der Waals surface area (Å²) in [6, 6.07) is 8.99. The fourth-order valence-electron chi connectivity index (χ4n) is 2.37. The number of para-hydroxylation sites is 1. The fraction of sp³-hybridized carbons (Fsp3) is 0.125. The predicted molar refractivity (Wildman–Crippen MR) is 82.9 cm³/mol. The monoisotopic (exact) mass is 279 g/mol. The molecule has 3 aliphatic heterocycles. The minimum absolute atomic E-state index is 0.222. The van der Waals surface area contributed by atoms with Crippen LogP contribution in [0.4, 0.5) is 17.1 Å². The summed E-state index contributed by atoms with van der Waals surface area (Å²) in [6.45, 7) is 1.08. The summed E-state index contributed by atoms with van der Waals surface area (Å²) in [7, 11) is 0. The molecule has 0 atom stereocenters. The normalized spacial score (nSPS) is 14.0. The first-order chi connectivity index (χ1) is 10.3. The van der Waals surface area contributed by atoms with E-state index in [4.69, 9.17) is 0 Å². The molecule has 0 spiro atoms. The molecule has 21 heavy (non-hydrogen) atoms. The number of benzene rings is 2. The molecule has 2 aromatic carbocycles. The molecule has 0 aliphatic carbocycles. The first-order valence-electron chi connectivity index (χ1n) is 6.75. The van der Waals surface area contributed by atoms with Crippen LogP contribution in [-0.2, 0) is 0 Å². The summed E-state index contributed by atoms with van der Waals surface area (Å²) in [5.74, 6) is 0.543. The maximum Gasteiger partial charge on any atom is 0.150 e. The number of anilines is 3. The third kappa shape index (κ3) is 1.94. The number of aromatic hydroxyl groups is 2. The van der Waals surface area contributed by atoms with Crippen LogP contribution in [0, 0.1) is 0 Å². The van der Waals surface area contributed by atoms with Crippen LogP contribution in [0.3, 0.4) is 0 Å². The van der Waals surface area contributed by atoms with Crippen LogP contribution in [0.1, 0.15) is 11.1 Å². The van der Waals surface area contributed by atoms with Crippen molar-refractivity contribution in [2.45, 2.75) is 0 Å². The van der Waals surface area contributed by atoms with Crippen molar-refractivity contribution < 1.29 is 10.2 Å². The van der Waals surface area contributed by atoms with E-state index in [1.165, 1.54) is 11.4 Å². The van der Waals surface area contributed by atoms with E-state index >= 15 is 0 Å². The first-order valence-corrected chi connectivity index (χ1v) is 6.75. The molecule has 5 heteroatoms. The van der Waals surface area contributed by atoms with Gasteiger partial charge >= 0.3 is 0 Å². The summed E-state index contributed by atoms with van der Waals surface area (Å²) >= 11 is 0. The van der Waals surface area contributed by atoms with Crippen molar-refractivity contribution in [1.82, 2.24) is 0 Å². The number of hydrogen-bond acceptors (Lipinski definition) is 5. The van der Waals surface area contributed by atoms with Crippen molar-refractivity contribution in [3.8, 4) is 11.5 Å². The standard InChI is InChI=1S/C16H13N3O2/c20-13-4-2-1-3-10(13)8-17-5-6-18-9-11-7-12-14-15(16(11)21)19(12)14/h1-4,7-9,20-21H,5-6H2. The number of nitrogens with zero attached hydrogens (tertiary/aromatic N) is 3. The molecule has 3 aliphatic rings. The molecule has 104 valence electrons. The van der Waals surface area contributed by atoms with E-state index in [2.05, 4.69) is 9.98 Å². The largest absolute Gasteiger partial charge is 0.507 e. The van der Waals surface area contributed by atoms with E-state index in [1.54, 1.807) is 30.6 Å². The fourth-order valence-corrected chi connectivity index (χ4v) is 2.37. The second-order valence-corrected chi connectivity index (χ2v) is 5.00. The molecule has 0 unspecified atom stereocenters. The Labute approximate surface area is 121 Å². The van der Waals surface area contributed by atoms with Gasteiger partial charge in [0.2, 0.25) is 0 Å². The molecule has 3 heterocycles. The number of phenolic OH excluding ortho intramolecular Hbond substituents is 2. The van der Waals surface area contributed by atoms with Crippen LogP contribution in [0.25, 0.3) is 0 Å². The smallest absolute Gasteiger partial charge is 0.150 e. The highest BCUT2D eigenvalue weighted by Gasteiger charge is 2.53. The number of fused-ring (bicyclic) bond motifs is 2. The average molecular weight is 279 g/mol. The highest BCUT2D eigenvalue weighted by molar-refractivity contribution is 6.28. The molecule has 0 saturated carbocycles. The van der Waals surface area contributed by atoms with E-state index in [0.29, 0.717) is 24.4 Å². The Morgan fingerprint density at radius 2 is 1.62 bits per heavy atom. The second-order valence-electron chi connectivity index (χ2n) is 5.00. The minimum Gasteiger partial charge on any atom is -0.507 e. The third-order valence-electron chi connectivity index (χ3n) is 3.60. The zero-order valence-electron chi connectivity index (χ0n) is 11.2. The van der Waals surface area contributed by atoms with Crippen molar-refractivity contribution >= 4 is 29.5 Å². The summed E-state index contributed by atoms with van der Waals surface area (Å²) in [4.78, 5) is 10.5. The maximum absolute atomic E-state index is 9.86. The molecule has 0 amide bonds. The molecule has 5 rings (SSSR count). The third-order valence-corrected chi connectivity index (χ3v) is 3.60. The number of phenols is 2. The van der Waals surface area contributed by atoms with E-state index < -0.39 is 0 Å². The number of hydrogen-bond donors (Lipinski definition) is 2. The van der Waals surface area contributed by atoms with E-state index in [-0.39, 0.29) is 5.75 Å². The zero-order chi connectivity index (χ0) is 14.4. The summed E-state index contributed by atoms with van der Waals surface area (Å²) in [5, 5.41) is 19.4. The molecule has 2 bridgehead atoms. The Morgan fingerprint density at radius 3 is 2.29 bits per heavy atom. The Kier molecular flexibility index (Phi) is 2.47. The van der Waals surface area contributed by atoms with Gasteiger partial charge in [0.1, 0.15) is 11.4 Å². The molecule has 2 N–H and O–H groups in total. The molecule has 0 aromatic heterocycles. The van der Waals surface area contributed by atoms with Crippen molar-refractivity contribution in [2.24, 2.45) is 9.98 Å². The number of rotatable bonds is 5. The Morgan fingerprint density at radius 1 is 0.952 bits per heavy atom. The summed E-state index contributed by atoms with van der Waals surface area (Å²) in [5.41, 5.74) is 4.79. The van der Waals surface area contributed by atoms with Crippen molar-refractivity contribution in [3.05, 3.63) is 41.5 Å². The highest BCUT2D eigenvalue weighted by Crippen LogP contribution is 2.77. The van der Waals surface area contributed by atoms with Gasteiger partial charge in [-0.1, -0.05) is 12.1 Å². The first kappa shape index (κ1) is 12.0. The Bertz CT molecular complexity index is 796. The second kappa shape index (κ2) is 4.34. The van der Waals surface area contributed by atoms with Crippen LogP contribution in [0.15, 0.2) is 40.3 Å². The van der Waals surface area contributed by atoms with Crippen molar-refractivity contribution in [2.75, 3.05) is 18.0 Å². The topological polar surface area (TPSA) is 68.2 Å². The van der Waals surface area contributed by atoms with Gasteiger partial charge in [-0.3, -0.25) is 14.9 Å². The van der Waals surface area contributed by atoms with Crippen LogP contribution in [0.5, 0.6) is 11.5 Å². The quantitative estimate of drug-likeness (QED) is 0.335. The molecule has 0 saturated heterocycles. The van der Waals surface area contributed by atoms with Crippen LogP contribution in [-0.4, -0.2) is 35.7 Å². The zero-order valence-corrected chi connectivity index (χ0v) is 11.2. The maximum atomic E-state index is 9.86. The van der Waals surface area contributed by atoms with Crippen LogP contribution < -0.4 is 4.90 Å². The van der Waals surface area contributed by atoms with Gasteiger partial charge in [0.15, 0.2) is 5.75 Å². The summed E-state index contributed by atoms with van der Waals surface area (Å²) < 4.78 is 0. The minimum atomic E-state index is 0.222. The highest BCUT2D eigenvalue weighted by atomic mass is 16.3. The lowest BCUT2D eigenvalue weighted by atomic mass is 10.2. The summed E-state index contributed by atoms with van der Waals surface area (Å²) in [6.07, 6.45) is 3.33. The van der Waals surface area contributed by atoms with Gasteiger partial charge in [0.05, 0.1) is 24.5 Å². The van der Waals surface area contributed by atoms with Crippen LogP contribution in [0.2, 0.25) is 0 Å². The van der Waals surface area contributed by atoms with Gasteiger partial charge in [-0.25, -0.2) is 0 Å². The van der Waals surface area contributed by atoms with Crippen molar-refractivity contribution in [3.63, 3.8) is 0 Å². The van der Waals surface area contributed by atoms with Gasteiger partial charge in [-0.2, -0.15) is 0 Å². The molecule has 0 radical (unpaired) electrons. The molecule has 5 nitrogen and oxygen atoms in total. The predicted octanol–water partition coefficient (Wildman–Crippen LogP) is 2.73. The van der Waals surface area contributed by atoms with Gasteiger partial charge in [-0.05, 0) is 18.2 Å². The average Bonchev–Trinajstić information content (AvgIpc) is 3.37. The molecular weight excluding hydrogens is 266 g/mol. The lowest BCUT2D eigenvalue weighted by Crippen LogP contribution is -1.92. The van der Waals surface area contributed by atoms with Crippen molar-refractivity contribution in [1.29, 1.82) is 0 Å². The lowest BCUT2D eigenvalue weighted by Gasteiger charge is -2.02. The van der Waals surface area contributed by atoms with Crippen LogP contribution >= 0.6 is 0 Å².